The van der Waals surface area contributed by atoms with Gasteiger partial charge in [-0.15, -0.1) is 0 Å². The number of rotatable bonds is 2. The van der Waals surface area contributed by atoms with Crippen LogP contribution in [0.25, 0.3) is 0 Å². The minimum atomic E-state index is -0.618. The number of aliphatic hydroxyl groups excluding tert-OH is 2. The molecule has 15 heavy (non-hydrogen) atoms. The van der Waals surface area contributed by atoms with E-state index < -0.39 is 12.2 Å². The summed E-state index contributed by atoms with van der Waals surface area (Å²) in [6.45, 7) is 1.80. The quantitative estimate of drug-likeness (QED) is 0.759. The van der Waals surface area contributed by atoms with Gasteiger partial charge in [0.15, 0.2) is 0 Å². The highest BCUT2D eigenvalue weighted by Gasteiger charge is 2.41. The Morgan fingerprint density at radius 3 is 2.47 bits per heavy atom. The number of hydrogen-bond donors (Lipinski definition) is 2. The van der Waals surface area contributed by atoms with Gasteiger partial charge in [0.05, 0.1) is 18.8 Å². The molecule has 3 nitrogen and oxygen atoms in total. The van der Waals surface area contributed by atoms with Crippen LogP contribution in [0.5, 0.6) is 0 Å². The molecule has 4 atom stereocenters. The molecule has 1 aromatic carbocycles. The fourth-order valence-electron chi connectivity index (χ4n) is 2.24. The van der Waals surface area contributed by atoms with E-state index in [0.29, 0.717) is 0 Å². The molecule has 1 aliphatic heterocycles. The molecule has 0 radical (unpaired) electrons. The van der Waals surface area contributed by atoms with Gasteiger partial charge in [0, 0.05) is 5.92 Å². The third kappa shape index (κ3) is 1.91. The largest absolute Gasteiger partial charge is 0.394 e. The van der Waals surface area contributed by atoms with Gasteiger partial charge in [0.2, 0.25) is 0 Å². The molecule has 1 heterocycles. The normalized spacial score (nSPS) is 35.7. The highest BCUT2D eigenvalue weighted by molar-refractivity contribution is 5.23. The van der Waals surface area contributed by atoms with Crippen LogP contribution in [-0.4, -0.2) is 35.1 Å². The van der Waals surface area contributed by atoms with E-state index >= 15 is 0 Å². The van der Waals surface area contributed by atoms with Crippen molar-refractivity contribution >= 4 is 0 Å². The van der Waals surface area contributed by atoms with E-state index in [1.54, 1.807) is 0 Å². The average Bonchev–Trinajstić information content (AvgIpc) is 2.55. The molecule has 1 unspecified atom stereocenters. The summed E-state index contributed by atoms with van der Waals surface area (Å²) in [4.78, 5) is 0. The van der Waals surface area contributed by atoms with Crippen LogP contribution in [0.3, 0.4) is 0 Å². The van der Waals surface area contributed by atoms with Gasteiger partial charge in [0.1, 0.15) is 6.10 Å². The minimum absolute atomic E-state index is 0.0386. The van der Waals surface area contributed by atoms with Crippen molar-refractivity contribution in [2.75, 3.05) is 6.61 Å². The van der Waals surface area contributed by atoms with Gasteiger partial charge in [-0.25, -0.2) is 0 Å². The summed E-state index contributed by atoms with van der Waals surface area (Å²) in [5.41, 5.74) is 1.06. The van der Waals surface area contributed by atoms with Gasteiger partial charge in [-0.05, 0) is 12.5 Å². The first-order valence-electron chi connectivity index (χ1n) is 5.23. The molecule has 2 N–H and O–H groups in total. The van der Waals surface area contributed by atoms with Crippen molar-refractivity contribution in [3.8, 4) is 0 Å². The van der Waals surface area contributed by atoms with Crippen molar-refractivity contribution in [1.82, 2.24) is 0 Å². The summed E-state index contributed by atoms with van der Waals surface area (Å²) in [7, 11) is 0. The lowest BCUT2D eigenvalue weighted by molar-refractivity contribution is -0.0170. The Hall–Kier alpha value is -0.900. The summed E-state index contributed by atoms with van der Waals surface area (Å²) in [5.74, 6) is -0.0386. The predicted molar refractivity (Wildman–Crippen MR) is 56.6 cm³/mol. The molecule has 3 heteroatoms. The van der Waals surface area contributed by atoms with E-state index in [4.69, 9.17) is 9.84 Å². The average molecular weight is 208 g/mol. The monoisotopic (exact) mass is 208 g/mol. The van der Waals surface area contributed by atoms with E-state index in [2.05, 4.69) is 0 Å². The predicted octanol–water partition coefficient (Wildman–Crippen LogP) is 0.911. The molecular formula is C12H16O3. The van der Waals surface area contributed by atoms with Crippen molar-refractivity contribution in [1.29, 1.82) is 0 Å². The molecule has 0 bridgehead atoms. The molecule has 82 valence electrons. The second kappa shape index (κ2) is 4.31. The molecule has 2 rings (SSSR count). The molecule has 1 aromatic rings. The van der Waals surface area contributed by atoms with Gasteiger partial charge >= 0.3 is 0 Å². The lowest BCUT2D eigenvalue weighted by Gasteiger charge is -2.17. The maximum absolute atomic E-state index is 9.99. The van der Waals surface area contributed by atoms with Crippen LogP contribution in [0.15, 0.2) is 30.3 Å². The van der Waals surface area contributed by atoms with Gasteiger partial charge < -0.3 is 14.9 Å². The molecule has 1 aliphatic rings. The molecule has 0 saturated carbocycles. The Morgan fingerprint density at radius 1 is 1.27 bits per heavy atom. The van der Waals surface area contributed by atoms with Crippen LogP contribution in [0.1, 0.15) is 18.4 Å². The van der Waals surface area contributed by atoms with Crippen molar-refractivity contribution in [3.63, 3.8) is 0 Å². The maximum atomic E-state index is 9.99. The third-order valence-electron chi connectivity index (χ3n) is 3.01. The van der Waals surface area contributed by atoms with Crippen LogP contribution in [0.2, 0.25) is 0 Å². The van der Waals surface area contributed by atoms with Gasteiger partial charge in [-0.2, -0.15) is 0 Å². The lowest BCUT2D eigenvalue weighted by atomic mass is 9.89. The Labute approximate surface area is 89.3 Å². The molecule has 1 fully saturated rings. The summed E-state index contributed by atoms with van der Waals surface area (Å²) < 4.78 is 5.49. The summed E-state index contributed by atoms with van der Waals surface area (Å²) in [5, 5.41) is 19.0. The van der Waals surface area contributed by atoms with Crippen LogP contribution >= 0.6 is 0 Å². The number of aliphatic hydroxyl groups is 2. The maximum Gasteiger partial charge on any atom is 0.107 e. The number of hydrogen-bond acceptors (Lipinski definition) is 3. The smallest absolute Gasteiger partial charge is 0.107 e. The highest BCUT2D eigenvalue weighted by atomic mass is 16.5. The van der Waals surface area contributed by atoms with E-state index in [1.165, 1.54) is 0 Å². The van der Waals surface area contributed by atoms with E-state index in [0.717, 1.165) is 5.56 Å². The fraction of sp³-hybridized carbons (Fsp3) is 0.500. The van der Waals surface area contributed by atoms with Crippen LogP contribution in [0.4, 0.5) is 0 Å². The number of benzene rings is 1. The topological polar surface area (TPSA) is 49.7 Å². The van der Waals surface area contributed by atoms with Crippen LogP contribution in [-0.2, 0) is 4.74 Å². The first-order valence-corrected chi connectivity index (χ1v) is 5.23. The van der Waals surface area contributed by atoms with Crippen molar-refractivity contribution in [2.24, 2.45) is 0 Å². The molecule has 0 aliphatic carbocycles. The zero-order valence-corrected chi connectivity index (χ0v) is 8.71. The van der Waals surface area contributed by atoms with Crippen molar-refractivity contribution < 1.29 is 14.9 Å². The second-order valence-corrected chi connectivity index (χ2v) is 3.99. The Morgan fingerprint density at radius 2 is 1.93 bits per heavy atom. The first-order chi connectivity index (χ1) is 7.24. The Balaban J connectivity index is 2.23. The molecule has 0 amide bonds. The first kappa shape index (κ1) is 10.6. The second-order valence-electron chi connectivity index (χ2n) is 3.99. The summed E-state index contributed by atoms with van der Waals surface area (Å²) >= 11 is 0. The lowest BCUT2D eigenvalue weighted by Crippen LogP contribution is -2.28. The van der Waals surface area contributed by atoms with Crippen molar-refractivity contribution in [3.05, 3.63) is 35.9 Å². The van der Waals surface area contributed by atoms with E-state index in [9.17, 15) is 5.11 Å². The molecular weight excluding hydrogens is 192 g/mol. The van der Waals surface area contributed by atoms with Gasteiger partial charge in [-0.3, -0.25) is 0 Å². The zero-order chi connectivity index (χ0) is 10.8. The van der Waals surface area contributed by atoms with E-state index in [1.807, 2.05) is 37.3 Å². The summed E-state index contributed by atoms with van der Waals surface area (Å²) in [6, 6.07) is 9.79. The Kier molecular flexibility index (Phi) is 3.05. The standard InChI is InChI=1S/C12H16O3/c1-8-11(9-5-3-2-4-6-9)12(14)10(7-13)15-8/h2-6,8,10-14H,7H2,1H3/t8-,10+,11?,12-/m0/s1. The summed E-state index contributed by atoms with van der Waals surface area (Å²) in [6.07, 6.45) is -1.13. The minimum Gasteiger partial charge on any atom is -0.394 e. The number of ether oxygens (including phenoxy) is 1. The van der Waals surface area contributed by atoms with Crippen LogP contribution in [0, 0.1) is 0 Å². The molecule has 1 saturated heterocycles. The van der Waals surface area contributed by atoms with Crippen LogP contribution < -0.4 is 0 Å². The Bertz CT molecular complexity index is 312. The third-order valence-corrected chi connectivity index (χ3v) is 3.01. The SMILES string of the molecule is C[C@@H]1O[C@H](CO)[C@H](O)C1c1ccccc1. The zero-order valence-electron chi connectivity index (χ0n) is 8.71. The van der Waals surface area contributed by atoms with Gasteiger partial charge in [-0.1, -0.05) is 30.3 Å². The molecule has 0 aromatic heterocycles. The van der Waals surface area contributed by atoms with Crippen molar-refractivity contribution in [2.45, 2.75) is 31.2 Å². The fourth-order valence-corrected chi connectivity index (χ4v) is 2.24. The van der Waals surface area contributed by atoms with E-state index in [-0.39, 0.29) is 18.6 Å². The molecule has 0 spiro atoms. The highest BCUT2D eigenvalue weighted by Crippen LogP contribution is 2.34. The van der Waals surface area contributed by atoms with Gasteiger partial charge in [0.25, 0.3) is 0 Å².